The van der Waals surface area contributed by atoms with Crippen LogP contribution in [-0.2, 0) is 16.6 Å². The summed E-state index contributed by atoms with van der Waals surface area (Å²) in [6.07, 6.45) is 0.555. The number of alkyl halides is 1. The number of carbonyl (C=O) groups is 1. The summed E-state index contributed by atoms with van der Waals surface area (Å²) in [5.74, 6) is -0.967. The molecule has 8 rings (SSSR count). The molecule has 10 nitrogen and oxygen atoms in total. The number of sulfonamides is 1. The summed E-state index contributed by atoms with van der Waals surface area (Å²) in [5.41, 5.74) is 3.86. The molecule has 1 N–H and O–H groups in total. The van der Waals surface area contributed by atoms with Crippen LogP contribution >= 0.6 is 0 Å². The third kappa shape index (κ3) is 5.53. The molecule has 0 unspecified atom stereocenters. The zero-order valence-electron chi connectivity index (χ0n) is 28.7. The van der Waals surface area contributed by atoms with Gasteiger partial charge in [0.2, 0.25) is 10.0 Å². The number of likely N-dealkylation sites (tertiary alicyclic amines) is 1. The van der Waals surface area contributed by atoms with Gasteiger partial charge in [0, 0.05) is 49.6 Å². The number of nitrogens with zero attached hydrogens (tertiary/aromatic N) is 5. The Kier molecular flexibility index (Phi) is 7.99. The van der Waals surface area contributed by atoms with Gasteiger partial charge in [-0.2, -0.15) is 0 Å². The number of rotatable bonds is 7. The Bertz CT molecular complexity index is 2730. The second-order valence-corrected chi connectivity index (χ2v) is 15.2. The second kappa shape index (κ2) is 12.3. The Morgan fingerprint density at radius 1 is 1.00 bits per heavy atom. The highest BCUT2D eigenvalue weighted by Crippen LogP contribution is 2.42. The van der Waals surface area contributed by atoms with Crippen molar-refractivity contribution >= 4 is 60.0 Å². The monoisotopic (exact) mass is 726 g/mol. The number of fused-ring (bicyclic) bond motifs is 6. The number of furan rings is 1. The van der Waals surface area contributed by atoms with Crippen LogP contribution in [0.2, 0.25) is 0 Å². The largest absolute Gasteiger partial charge is 0.455 e. The second-order valence-electron chi connectivity index (χ2n) is 13.2. The van der Waals surface area contributed by atoms with E-state index in [-0.39, 0.29) is 34.7 Å². The maximum atomic E-state index is 15.3. The Balaban J connectivity index is 1.40. The lowest BCUT2D eigenvalue weighted by molar-refractivity contribution is 0.0964. The molecular weight excluding hydrogens is 694 g/mol. The number of halogens is 3. The predicted octanol–water partition coefficient (Wildman–Crippen LogP) is 7.00. The summed E-state index contributed by atoms with van der Waals surface area (Å²) in [7, 11) is -0.991. The van der Waals surface area contributed by atoms with Gasteiger partial charge in [0.15, 0.2) is 5.76 Å². The number of amides is 1. The highest BCUT2D eigenvalue weighted by molar-refractivity contribution is 7.92. The summed E-state index contributed by atoms with van der Waals surface area (Å²) in [6.45, 7) is 2.92. The minimum Gasteiger partial charge on any atom is -0.455 e. The van der Waals surface area contributed by atoms with Crippen molar-refractivity contribution in [1.29, 1.82) is 0 Å². The molecule has 266 valence electrons. The minimum atomic E-state index is -3.83. The quantitative estimate of drug-likeness (QED) is 0.188. The van der Waals surface area contributed by atoms with Crippen molar-refractivity contribution in [2.75, 3.05) is 37.7 Å². The summed E-state index contributed by atoms with van der Waals surface area (Å²) < 4.78 is 79.7. The van der Waals surface area contributed by atoms with Crippen LogP contribution in [0, 0.1) is 18.6 Å². The van der Waals surface area contributed by atoms with E-state index in [2.05, 4.69) is 5.32 Å². The van der Waals surface area contributed by atoms with Gasteiger partial charge in [0.25, 0.3) is 5.91 Å². The van der Waals surface area contributed by atoms with Crippen LogP contribution in [0.5, 0.6) is 0 Å². The van der Waals surface area contributed by atoms with Gasteiger partial charge in [-0.1, -0.05) is 12.1 Å². The summed E-state index contributed by atoms with van der Waals surface area (Å²) in [6, 6.07) is 17.6. The van der Waals surface area contributed by atoms with Gasteiger partial charge in [-0.05, 0) is 67.4 Å². The number of pyridine rings is 1. The molecular formula is C38H33F3N6O4S. The highest BCUT2D eigenvalue weighted by Gasteiger charge is 2.29. The summed E-state index contributed by atoms with van der Waals surface area (Å²) in [4.78, 5) is 25.3. The van der Waals surface area contributed by atoms with Gasteiger partial charge in [0.1, 0.15) is 34.7 Å². The van der Waals surface area contributed by atoms with E-state index in [0.29, 0.717) is 75.0 Å². The molecule has 1 fully saturated rings. The third-order valence-electron chi connectivity index (χ3n) is 9.74. The van der Waals surface area contributed by atoms with Crippen LogP contribution in [0.4, 0.5) is 18.9 Å². The molecule has 0 spiro atoms. The molecule has 0 aliphatic carbocycles. The maximum Gasteiger partial charge on any atom is 0.255 e. The number of carbonyl (C=O) groups excluding carboxylic acids is 1. The zero-order chi connectivity index (χ0) is 36.6. The molecule has 5 heterocycles. The zero-order valence-corrected chi connectivity index (χ0v) is 29.5. The smallest absolute Gasteiger partial charge is 0.255 e. The van der Waals surface area contributed by atoms with Gasteiger partial charge >= 0.3 is 0 Å². The lowest BCUT2D eigenvalue weighted by Crippen LogP contribution is -2.25. The Morgan fingerprint density at radius 3 is 2.52 bits per heavy atom. The lowest BCUT2D eigenvalue weighted by Gasteiger charge is -2.21. The first-order chi connectivity index (χ1) is 24.8. The normalized spacial score (nSPS) is 15.4. The molecule has 0 radical (unpaired) electrons. The van der Waals surface area contributed by atoms with Crippen LogP contribution < -0.4 is 9.62 Å². The predicted molar refractivity (Wildman–Crippen MR) is 195 cm³/mol. The van der Waals surface area contributed by atoms with Crippen molar-refractivity contribution in [3.8, 4) is 22.6 Å². The molecule has 3 aromatic carbocycles. The molecule has 7 aromatic rings. The number of benzene rings is 3. The van der Waals surface area contributed by atoms with Crippen molar-refractivity contribution < 1.29 is 30.8 Å². The number of hydrogen-bond donors (Lipinski definition) is 1. The van der Waals surface area contributed by atoms with Crippen LogP contribution in [0.1, 0.15) is 28.2 Å². The van der Waals surface area contributed by atoms with E-state index in [0.717, 1.165) is 10.6 Å². The van der Waals surface area contributed by atoms with Crippen molar-refractivity contribution in [2.45, 2.75) is 26.1 Å². The van der Waals surface area contributed by atoms with Crippen LogP contribution in [0.15, 0.2) is 71.1 Å². The molecule has 4 aromatic heterocycles. The lowest BCUT2D eigenvalue weighted by atomic mass is 10.00. The fourth-order valence-electron chi connectivity index (χ4n) is 7.07. The van der Waals surface area contributed by atoms with Gasteiger partial charge in [-0.3, -0.25) is 18.4 Å². The fraction of sp³-hybridized carbons (Fsp3) is 0.237. The highest BCUT2D eigenvalue weighted by atomic mass is 32.2. The number of aromatic nitrogens is 3. The van der Waals surface area contributed by atoms with E-state index >= 15 is 8.78 Å². The van der Waals surface area contributed by atoms with Crippen molar-refractivity contribution in [3.63, 3.8) is 0 Å². The summed E-state index contributed by atoms with van der Waals surface area (Å²) in [5, 5.41) is 3.27. The molecule has 1 aliphatic heterocycles. The average molecular weight is 727 g/mol. The van der Waals surface area contributed by atoms with E-state index in [1.807, 2.05) is 9.30 Å². The Labute approximate surface area is 296 Å². The van der Waals surface area contributed by atoms with E-state index in [4.69, 9.17) is 14.4 Å². The number of hydrogen-bond acceptors (Lipinski definition) is 7. The number of anilines is 1. The number of nitrogens with one attached hydrogen (secondary N) is 1. The molecule has 0 saturated carbocycles. The molecule has 14 heteroatoms. The third-order valence-corrected chi connectivity index (χ3v) is 10.9. The van der Waals surface area contributed by atoms with E-state index < -0.39 is 33.7 Å². The average Bonchev–Trinajstić information content (AvgIpc) is 3.82. The first kappa shape index (κ1) is 33.7. The Hall–Kier alpha value is -5.47. The van der Waals surface area contributed by atoms with Gasteiger partial charge in [-0.25, -0.2) is 31.6 Å². The van der Waals surface area contributed by atoms with Crippen molar-refractivity contribution in [1.82, 2.24) is 24.6 Å². The van der Waals surface area contributed by atoms with E-state index in [9.17, 15) is 17.6 Å². The minimum absolute atomic E-state index is 0.0131. The SMILES string of the molecule is CNC(=O)c1c(-c2ccc(C)cc2F)oc2cc(N(C)S(C)(=O)=O)c(-c3ccc4nc(CN5CC[C@H](F)C5)n5c6cccc(F)c6cc5c4n3)cc12. The van der Waals surface area contributed by atoms with Crippen LogP contribution in [0.3, 0.4) is 0 Å². The topological polar surface area (TPSA) is 113 Å². The van der Waals surface area contributed by atoms with Crippen LogP contribution in [-0.4, -0.2) is 73.2 Å². The molecule has 1 aliphatic rings. The molecule has 52 heavy (non-hydrogen) atoms. The molecule has 0 bridgehead atoms. The van der Waals surface area contributed by atoms with Crippen LogP contribution in [0.25, 0.3) is 61.0 Å². The van der Waals surface area contributed by atoms with Gasteiger partial charge in [-0.15, -0.1) is 0 Å². The standard InChI is InChI=1S/C38H33F3N6O4S/c1-20-8-9-22(27(41)14-20)37-35(38(48)42-2)25-15-24(31(17-33(25)51-37)45(3)52(4,49)50)28-10-11-29-36(44-28)32-16-23-26(40)6-5-7-30(23)47(32)34(43-29)19-46-13-12-21(39)18-46/h5-11,14-17,21H,12-13,18-19H2,1-4H3,(H,42,48)/t21-/m0/s1. The number of aryl methyl sites for hydroxylation is 1. The van der Waals surface area contributed by atoms with Gasteiger partial charge in [0.05, 0.1) is 51.9 Å². The fourth-order valence-corrected chi connectivity index (χ4v) is 7.58. The van der Waals surface area contributed by atoms with E-state index in [1.54, 1.807) is 49.4 Å². The molecule has 1 atom stereocenters. The van der Waals surface area contributed by atoms with E-state index in [1.165, 1.54) is 38.4 Å². The van der Waals surface area contributed by atoms with Crippen molar-refractivity contribution in [3.05, 3.63) is 95.3 Å². The molecule has 1 saturated heterocycles. The maximum absolute atomic E-state index is 15.3. The van der Waals surface area contributed by atoms with Crippen molar-refractivity contribution in [2.24, 2.45) is 0 Å². The van der Waals surface area contributed by atoms with Gasteiger partial charge < -0.3 is 9.73 Å². The first-order valence-electron chi connectivity index (χ1n) is 16.6. The summed E-state index contributed by atoms with van der Waals surface area (Å²) >= 11 is 0. The first-order valence-corrected chi connectivity index (χ1v) is 18.5. The Morgan fingerprint density at radius 2 is 1.81 bits per heavy atom. The molecule has 1 amide bonds.